The van der Waals surface area contributed by atoms with Crippen molar-refractivity contribution in [2.45, 2.75) is 6.92 Å². The van der Waals surface area contributed by atoms with Crippen LogP contribution < -0.4 is 10.9 Å². The Labute approximate surface area is 90.9 Å². The van der Waals surface area contributed by atoms with Crippen LogP contribution >= 0.6 is 11.6 Å². The normalized spacial score (nSPS) is 9.47. The molecular weight excluding hydrogens is 222 g/mol. The van der Waals surface area contributed by atoms with Gasteiger partial charge in [0.25, 0.3) is 5.91 Å². The van der Waals surface area contributed by atoms with Crippen molar-refractivity contribution in [1.82, 2.24) is 15.8 Å². The van der Waals surface area contributed by atoms with Crippen LogP contribution in [0, 0.1) is 0 Å². The van der Waals surface area contributed by atoms with Crippen LogP contribution in [0.15, 0.2) is 12.3 Å². The maximum atomic E-state index is 11.3. The van der Waals surface area contributed by atoms with E-state index in [1.54, 1.807) is 6.92 Å². The summed E-state index contributed by atoms with van der Waals surface area (Å²) >= 11 is 5.59. The summed E-state index contributed by atoms with van der Waals surface area (Å²) in [6, 6.07) is 1.43. The lowest BCUT2D eigenvalue weighted by Gasteiger charge is -2.05. The van der Waals surface area contributed by atoms with E-state index in [0.717, 1.165) is 0 Å². The quantitative estimate of drug-likeness (QED) is 0.666. The molecule has 0 saturated heterocycles. The first-order valence-corrected chi connectivity index (χ1v) is 4.58. The second-order valence-corrected chi connectivity index (χ2v) is 2.97. The van der Waals surface area contributed by atoms with Crippen LogP contribution in [0.4, 0.5) is 4.79 Å². The summed E-state index contributed by atoms with van der Waals surface area (Å²) in [5.74, 6) is -0.505. The molecule has 0 aliphatic heterocycles. The van der Waals surface area contributed by atoms with E-state index in [1.165, 1.54) is 12.3 Å². The lowest BCUT2D eigenvalue weighted by Crippen LogP contribution is -2.42. The highest BCUT2D eigenvalue weighted by Gasteiger charge is 2.08. The van der Waals surface area contributed by atoms with Gasteiger partial charge >= 0.3 is 6.09 Å². The van der Waals surface area contributed by atoms with Gasteiger partial charge in [0.1, 0.15) is 5.69 Å². The number of carbonyl (C=O) groups is 2. The van der Waals surface area contributed by atoms with Gasteiger partial charge in [0, 0.05) is 6.20 Å². The number of amides is 2. The van der Waals surface area contributed by atoms with Crippen molar-refractivity contribution in [1.29, 1.82) is 0 Å². The van der Waals surface area contributed by atoms with Gasteiger partial charge in [-0.3, -0.25) is 10.2 Å². The minimum atomic E-state index is -0.719. The lowest BCUT2D eigenvalue weighted by atomic mass is 10.4. The third kappa shape index (κ3) is 3.51. The monoisotopic (exact) mass is 231 g/mol. The summed E-state index contributed by atoms with van der Waals surface area (Å²) in [4.78, 5) is 24.7. The van der Waals surface area contributed by atoms with Gasteiger partial charge < -0.3 is 9.72 Å². The molecule has 1 heterocycles. The highest BCUT2D eigenvalue weighted by Crippen LogP contribution is 2.08. The van der Waals surface area contributed by atoms with E-state index in [-0.39, 0.29) is 12.3 Å². The van der Waals surface area contributed by atoms with E-state index in [2.05, 4.69) is 20.6 Å². The molecule has 0 fully saturated rings. The zero-order valence-corrected chi connectivity index (χ0v) is 8.72. The van der Waals surface area contributed by atoms with E-state index >= 15 is 0 Å². The molecule has 0 saturated carbocycles. The van der Waals surface area contributed by atoms with Crippen molar-refractivity contribution in [3.63, 3.8) is 0 Å². The van der Waals surface area contributed by atoms with Gasteiger partial charge in [0.05, 0.1) is 11.6 Å². The van der Waals surface area contributed by atoms with Crippen LogP contribution in [0.2, 0.25) is 5.02 Å². The van der Waals surface area contributed by atoms with Crippen LogP contribution in [0.3, 0.4) is 0 Å². The molecule has 2 amide bonds. The molecule has 0 spiro atoms. The van der Waals surface area contributed by atoms with Crippen molar-refractivity contribution in [3.05, 3.63) is 23.0 Å². The number of hydrazine groups is 1. The van der Waals surface area contributed by atoms with Crippen LogP contribution in [-0.4, -0.2) is 23.6 Å². The third-order valence-corrected chi connectivity index (χ3v) is 1.66. The molecule has 82 valence electrons. The molecule has 0 unspecified atom stereocenters. The Balaban J connectivity index is 2.40. The topological polar surface area (TPSA) is 83.2 Å². The molecule has 1 aromatic heterocycles. The van der Waals surface area contributed by atoms with Crippen molar-refractivity contribution >= 4 is 23.6 Å². The third-order valence-electron chi connectivity index (χ3n) is 1.45. The first-order valence-electron chi connectivity index (χ1n) is 4.20. The molecule has 1 rings (SSSR count). The maximum absolute atomic E-state index is 11.3. The standard InChI is InChI=1S/C8H10ClN3O3/c1-2-15-8(14)12-11-7(13)6-3-5(9)4-10-6/h3-4,10H,2H2,1H3,(H,11,13)(H,12,14). The summed E-state index contributed by atoms with van der Waals surface area (Å²) < 4.78 is 4.53. The van der Waals surface area contributed by atoms with E-state index in [4.69, 9.17) is 11.6 Å². The van der Waals surface area contributed by atoms with E-state index < -0.39 is 12.0 Å². The largest absolute Gasteiger partial charge is 0.449 e. The average molecular weight is 232 g/mol. The summed E-state index contributed by atoms with van der Waals surface area (Å²) in [7, 11) is 0. The van der Waals surface area contributed by atoms with Crippen molar-refractivity contribution < 1.29 is 14.3 Å². The molecule has 0 aliphatic carbocycles. The predicted octanol–water partition coefficient (Wildman–Crippen LogP) is 1.06. The van der Waals surface area contributed by atoms with E-state index in [1.807, 2.05) is 0 Å². The first kappa shape index (κ1) is 11.4. The Bertz CT molecular complexity index is 364. The second kappa shape index (κ2) is 5.26. The molecule has 0 radical (unpaired) electrons. The van der Waals surface area contributed by atoms with E-state index in [9.17, 15) is 9.59 Å². The molecule has 3 N–H and O–H groups in total. The number of ether oxygens (including phenoxy) is 1. The molecule has 0 aromatic carbocycles. The van der Waals surface area contributed by atoms with Crippen molar-refractivity contribution in [3.8, 4) is 0 Å². The van der Waals surface area contributed by atoms with Gasteiger partial charge in [0.2, 0.25) is 0 Å². The van der Waals surface area contributed by atoms with Gasteiger partial charge in [-0.05, 0) is 13.0 Å². The minimum absolute atomic E-state index is 0.232. The molecular formula is C8H10ClN3O3. The summed E-state index contributed by atoms with van der Waals surface area (Å²) in [5.41, 5.74) is 4.46. The Kier molecular flexibility index (Phi) is 3.99. The Morgan fingerprint density at radius 1 is 1.53 bits per heavy atom. The van der Waals surface area contributed by atoms with Crippen molar-refractivity contribution in [2.75, 3.05) is 6.61 Å². The molecule has 7 heteroatoms. The number of aromatic amines is 1. The first-order chi connectivity index (χ1) is 7.13. The number of hydrogen-bond donors (Lipinski definition) is 3. The highest BCUT2D eigenvalue weighted by molar-refractivity contribution is 6.30. The van der Waals surface area contributed by atoms with Gasteiger partial charge in [0.15, 0.2) is 0 Å². The number of halogens is 1. The summed E-state index contributed by atoms with van der Waals surface area (Å²) in [6.07, 6.45) is 0.740. The Morgan fingerprint density at radius 3 is 2.80 bits per heavy atom. The fourth-order valence-corrected chi connectivity index (χ4v) is 1.00. The predicted molar refractivity (Wildman–Crippen MR) is 53.4 cm³/mol. The number of nitrogens with one attached hydrogen (secondary N) is 3. The number of H-pyrrole nitrogens is 1. The molecule has 15 heavy (non-hydrogen) atoms. The minimum Gasteiger partial charge on any atom is -0.449 e. The van der Waals surface area contributed by atoms with Gasteiger partial charge in [-0.1, -0.05) is 11.6 Å². The molecule has 1 aromatic rings. The van der Waals surface area contributed by atoms with Gasteiger partial charge in [-0.25, -0.2) is 10.2 Å². The van der Waals surface area contributed by atoms with Crippen LogP contribution in [0.25, 0.3) is 0 Å². The average Bonchev–Trinajstić information content (AvgIpc) is 2.62. The Hall–Kier alpha value is -1.69. The number of rotatable bonds is 2. The van der Waals surface area contributed by atoms with Crippen LogP contribution in [0.5, 0.6) is 0 Å². The zero-order chi connectivity index (χ0) is 11.3. The second-order valence-electron chi connectivity index (χ2n) is 2.53. The molecule has 6 nitrogen and oxygen atoms in total. The fourth-order valence-electron chi connectivity index (χ4n) is 0.841. The SMILES string of the molecule is CCOC(=O)NNC(=O)c1cc(Cl)c[nH]1. The van der Waals surface area contributed by atoms with Gasteiger partial charge in [-0.15, -0.1) is 0 Å². The van der Waals surface area contributed by atoms with Crippen LogP contribution in [0.1, 0.15) is 17.4 Å². The summed E-state index contributed by atoms with van der Waals surface area (Å²) in [6.45, 7) is 1.89. The number of carbonyl (C=O) groups excluding carboxylic acids is 2. The molecule has 0 aliphatic rings. The zero-order valence-electron chi connectivity index (χ0n) is 7.96. The van der Waals surface area contributed by atoms with E-state index in [0.29, 0.717) is 5.02 Å². The summed E-state index contributed by atoms with van der Waals surface area (Å²) in [5, 5.41) is 0.413. The maximum Gasteiger partial charge on any atom is 0.426 e. The fraction of sp³-hybridized carbons (Fsp3) is 0.250. The lowest BCUT2D eigenvalue weighted by molar-refractivity contribution is 0.0908. The highest BCUT2D eigenvalue weighted by atomic mass is 35.5. The smallest absolute Gasteiger partial charge is 0.426 e. The number of aromatic nitrogens is 1. The van der Waals surface area contributed by atoms with Crippen molar-refractivity contribution in [2.24, 2.45) is 0 Å². The Morgan fingerprint density at radius 2 is 2.27 bits per heavy atom. The van der Waals surface area contributed by atoms with Crippen LogP contribution in [-0.2, 0) is 4.74 Å². The number of hydrogen-bond acceptors (Lipinski definition) is 3. The molecule has 0 atom stereocenters. The van der Waals surface area contributed by atoms with Gasteiger partial charge in [-0.2, -0.15) is 0 Å². The molecule has 0 bridgehead atoms.